The molecule has 3 rings (SSSR count). The van der Waals surface area contributed by atoms with Crippen LogP contribution >= 0.6 is 11.6 Å². The van der Waals surface area contributed by atoms with Gasteiger partial charge in [-0.1, -0.05) is 54.1 Å². The van der Waals surface area contributed by atoms with Crippen LogP contribution in [0.5, 0.6) is 0 Å². The fourth-order valence-corrected chi connectivity index (χ4v) is 2.42. The first-order chi connectivity index (χ1) is 11.7. The molecule has 0 unspecified atom stereocenters. The molecule has 2 aromatic carbocycles. The number of hydrogen-bond acceptors (Lipinski definition) is 2. The third-order valence-corrected chi connectivity index (χ3v) is 3.78. The van der Waals surface area contributed by atoms with Gasteiger partial charge in [0.15, 0.2) is 0 Å². The van der Waals surface area contributed by atoms with Crippen LogP contribution < -0.4 is 5.32 Å². The van der Waals surface area contributed by atoms with Crippen molar-refractivity contribution in [2.24, 2.45) is 0 Å². The van der Waals surface area contributed by atoms with Gasteiger partial charge in [-0.25, -0.2) is 0 Å². The standard InChI is InChI=1S/C20H16ClNO2/c21-17-10-8-15(9-11-17)14-22-20(23)19(13-18-7-4-12-24-18)16-5-2-1-3-6-16/h1-13H,14H2,(H,22,23)/b19-13+. The molecule has 0 aliphatic rings. The SMILES string of the molecule is O=C(NCc1ccc(Cl)cc1)/C(=C/c1ccco1)c1ccccc1. The summed E-state index contributed by atoms with van der Waals surface area (Å²) in [6.07, 6.45) is 3.33. The van der Waals surface area contributed by atoms with E-state index in [1.54, 1.807) is 30.5 Å². The van der Waals surface area contributed by atoms with Crippen molar-refractivity contribution in [2.75, 3.05) is 0 Å². The van der Waals surface area contributed by atoms with Gasteiger partial charge < -0.3 is 9.73 Å². The predicted molar refractivity (Wildman–Crippen MR) is 96.3 cm³/mol. The van der Waals surface area contributed by atoms with Crippen LogP contribution in [-0.4, -0.2) is 5.91 Å². The van der Waals surface area contributed by atoms with Crippen molar-refractivity contribution in [2.45, 2.75) is 6.54 Å². The molecule has 1 heterocycles. The van der Waals surface area contributed by atoms with Gasteiger partial charge >= 0.3 is 0 Å². The maximum absolute atomic E-state index is 12.7. The molecule has 1 aromatic heterocycles. The molecule has 0 atom stereocenters. The van der Waals surface area contributed by atoms with E-state index in [0.29, 0.717) is 22.9 Å². The van der Waals surface area contributed by atoms with E-state index in [4.69, 9.17) is 16.0 Å². The molecule has 0 radical (unpaired) electrons. The average Bonchev–Trinajstić information content (AvgIpc) is 3.13. The lowest BCUT2D eigenvalue weighted by Crippen LogP contribution is -2.23. The molecule has 120 valence electrons. The molecule has 1 amide bonds. The molecule has 1 N–H and O–H groups in total. The van der Waals surface area contributed by atoms with Gasteiger partial charge in [-0.15, -0.1) is 0 Å². The highest BCUT2D eigenvalue weighted by molar-refractivity contribution is 6.30. The number of nitrogens with one attached hydrogen (secondary N) is 1. The number of hydrogen-bond donors (Lipinski definition) is 1. The van der Waals surface area contributed by atoms with Gasteiger partial charge in [0.05, 0.1) is 11.8 Å². The summed E-state index contributed by atoms with van der Waals surface area (Å²) in [7, 11) is 0. The molecule has 3 aromatic rings. The highest BCUT2D eigenvalue weighted by Gasteiger charge is 2.12. The number of carbonyl (C=O) groups is 1. The number of amides is 1. The number of halogens is 1. The number of rotatable bonds is 5. The summed E-state index contributed by atoms with van der Waals surface area (Å²) in [5.74, 6) is 0.475. The summed E-state index contributed by atoms with van der Waals surface area (Å²) in [5.41, 5.74) is 2.38. The highest BCUT2D eigenvalue weighted by atomic mass is 35.5. The molecule has 0 bridgehead atoms. The first kappa shape index (κ1) is 16.1. The van der Waals surface area contributed by atoms with Gasteiger partial charge in [-0.2, -0.15) is 0 Å². The van der Waals surface area contributed by atoms with Crippen LogP contribution in [0.25, 0.3) is 11.6 Å². The zero-order valence-corrected chi connectivity index (χ0v) is 13.7. The normalized spacial score (nSPS) is 11.3. The number of benzene rings is 2. The van der Waals surface area contributed by atoms with E-state index in [1.165, 1.54) is 0 Å². The Bertz CT molecular complexity index is 822. The van der Waals surface area contributed by atoms with Gasteiger partial charge in [0.1, 0.15) is 5.76 Å². The van der Waals surface area contributed by atoms with Gasteiger partial charge in [0.2, 0.25) is 0 Å². The fourth-order valence-electron chi connectivity index (χ4n) is 2.29. The van der Waals surface area contributed by atoms with E-state index >= 15 is 0 Å². The highest BCUT2D eigenvalue weighted by Crippen LogP contribution is 2.19. The minimum absolute atomic E-state index is 0.160. The smallest absolute Gasteiger partial charge is 0.252 e. The third-order valence-electron chi connectivity index (χ3n) is 3.53. The van der Waals surface area contributed by atoms with E-state index in [1.807, 2.05) is 48.5 Å². The topological polar surface area (TPSA) is 42.2 Å². The molecule has 0 aliphatic carbocycles. The molecule has 24 heavy (non-hydrogen) atoms. The first-order valence-electron chi connectivity index (χ1n) is 7.55. The Morgan fingerprint density at radius 3 is 2.42 bits per heavy atom. The second-order valence-electron chi connectivity index (χ2n) is 5.25. The maximum Gasteiger partial charge on any atom is 0.252 e. The Balaban J connectivity index is 1.80. The van der Waals surface area contributed by atoms with Crippen LogP contribution in [0.3, 0.4) is 0 Å². The molecule has 3 nitrogen and oxygen atoms in total. The van der Waals surface area contributed by atoms with Crippen molar-refractivity contribution >= 4 is 29.2 Å². The first-order valence-corrected chi connectivity index (χ1v) is 7.93. The largest absolute Gasteiger partial charge is 0.465 e. The molecular formula is C20H16ClNO2. The van der Waals surface area contributed by atoms with E-state index in [-0.39, 0.29) is 5.91 Å². The Morgan fingerprint density at radius 2 is 1.75 bits per heavy atom. The summed E-state index contributed by atoms with van der Waals surface area (Å²) in [4.78, 5) is 12.7. The summed E-state index contributed by atoms with van der Waals surface area (Å²) < 4.78 is 5.34. The van der Waals surface area contributed by atoms with Crippen LogP contribution in [-0.2, 0) is 11.3 Å². The Morgan fingerprint density at radius 1 is 1.00 bits per heavy atom. The number of carbonyl (C=O) groups excluding carboxylic acids is 1. The van der Waals surface area contributed by atoms with E-state index in [0.717, 1.165) is 11.1 Å². The monoisotopic (exact) mass is 337 g/mol. The minimum atomic E-state index is -0.160. The van der Waals surface area contributed by atoms with Gasteiger partial charge in [0.25, 0.3) is 5.91 Å². The average molecular weight is 338 g/mol. The van der Waals surface area contributed by atoms with Gasteiger partial charge in [-0.3, -0.25) is 4.79 Å². The molecule has 0 fully saturated rings. The molecular weight excluding hydrogens is 322 g/mol. The predicted octanol–water partition coefficient (Wildman–Crippen LogP) is 4.79. The van der Waals surface area contributed by atoms with Crippen LogP contribution in [0.4, 0.5) is 0 Å². The quantitative estimate of drug-likeness (QED) is 0.680. The lowest BCUT2D eigenvalue weighted by molar-refractivity contribution is -0.115. The van der Waals surface area contributed by atoms with Crippen molar-refractivity contribution in [3.05, 3.63) is 94.9 Å². The molecule has 0 spiro atoms. The van der Waals surface area contributed by atoms with Crippen LogP contribution in [0.15, 0.2) is 77.4 Å². The Hall–Kier alpha value is -2.78. The van der Waals surface area contributed by atoms with Crippen molar-refractivity contribution in [1.82, 2.24) is 5.32 Å². The fraction of sp³-hybridized carbons (Fsp3) is 0.0500. The van der Waals surface area contributed by atoms with Gasteiger partial charge in [0, 0.05) is 11.6 Å². The zero-order valence-electron chi connectivity index (χ0n) is 12.9. The van der Waals surface area contributed by atoms with E-state index in [2.05, 4.69) is 5.32 Å². The molecule has 0 saturated carbocycles. The van der Waals surface area contributed by atoms with Crippen molar-refractivity contribution < 1.29 is 9.21 Å². The summed E-state index contributed by atoms with van der Waals surface area (Å²) in [5, 5.41) is 3.61. The van der Waals surface area contributed by atoms with Crippen LogP contribution in [0.1, 0.15) is 16.9 Å². The van der Waals surface area contributed by atoms with Crippen LogP contribution in [0.2, 0.25) is 5.02 Å². The summed E-state index contributed by atoms with van der Waals surface area (Å²) >= 11 is 5.88. The van der Waals surface area contributed by atoms with Crippen molar-refractivity contribution in [1.29, 1.82) is 0 Å². The Kier molecular flexibility index (Phi) is 5.14. The van der Waals surface area contributed by atoms with Crippen molar-refractivity contribution in [3.63, 3.8) is 0 Å². The van der Waals surface area contributed by atoms with Crippen LogP contribution in [0, 0.1) is 0 Å². The Labute approximate surface area is 145 Å². The van der Waals surface area contributed by atoms with Gasteiger partial charge in [-0.05, 0) is 41.5 Å². The summed E-state index contributed by atoms with van der Waals surface area (Å²) in [6.45, 7) is 0.429. The lowest BCUT2D eigenvalue weighted by atomic mass is 10.0. The molecule has 0 saturated heterocycles. The third kappa shape index (κ3) is 4.15. The van der Waals surface area contributed by atoms with Crippen molar-refractivity contribution in [3.8, 4) is 0 Å². The summed E-state index contributed by atoms with van der Waals surface area (Å²) in [6, 6.07) is 20.5. The minimum Gasteiger partial charge on any atom is -0.465 e. The second-order valence-corrected chi connectivity index (χ2v) is 5.69. The maximum atomic E-state index is 12.7. The van der Waals surface area contributed by atoms with E-state index in [9.17, 15) is 4.79 Å². The second kappa shape index (κ2) is 7.66. The number of furan rings is 1. The van der Waals surface area contributed by atoms with E-state index < -0.39 is 0 Å². The molecule has 4 heteroatoms. The molecule has 0 aliphatic heterocycles. The lowest BCUT2D eigenvalue weighted by Gasteiger charge is -2.09. The zero-order chi connectivity index (χ0) is 16.8.